The standard InChI is InChI=1S/C14H21NO/c1-3-5-11-8-12-9-13(16-4-2)6-7-14(12)15-10-11/h6-7,9,11,15H,3-5,8,10H2,1-2H3. The van der Waals surface area contributed by atoms with Crippen LogP contribution in [0.25, 0.3) is 0 Å². The van der Waals surface area contributed by atoms with Crippen LogP contribution in [-0.4, -0.2) is 13.2 Å². The van der Waals surface area contributed by atoms with Crippen molar-refractivity contribution >= 4 is 5.69 Å². The Kier molecular flexibility index (Phi) is 3.70. The normalized spacial score (nSPS) is 18.8. The van der Waals surface area contributed by atoms with Gasteiger partial charge in [0.1, 0.15) is 5.75 Å². The fraction of sp³-hybridized carbons (Fsp3) is 0.571. The lowest BCUT2D eigenvalue weighted by atomic mass is 9.90. The van der Waals surface area contributed by atoms with E-state index in [0.29, 0.717) is 0 Å². The Morgan fingerprint density at radius 1 is 1.38 bits per heavy atom. The molecule has 1 heterocycles. The molecule has 2 nitrogen and oxygen atoms in total. The summed E-state index contributed by atoms with van der Waals surface area (Å²) in [6, 6.07) is 6.38. The Hall–Kier alpha value is -1.18. The molecule has 1 atom stereocenters. The first-order valence-corrected chi connectivity index (χ1v) is 6.33. The molecule has 0 amide bonds. The maximum atomic E-state index is 5.54. The predicted molar refractivity (Wildman–Crippen MR) is 68.2 cm³/mol. The average Bonchev–Trinajstić information content (AvgIpc) is 2.29. The van der Waals surface area contributed by atoms with Crippen LogP contribution in [0.2, 0.25) is 0 Å². The third-order valence-electron chi connectivity index (χ3n) is 3.17. The molecule has 1 N–H and O–H groups in total. The Morgan fingerprint density at radius 3 is 3.00 bits per heavy atom. The molecule has 0 saturated heterocycles. The molecule has 1 aromatic rings. The molecule has 0 saturated carbocycles. The zero-order chi connectivity index (χ0) is 11.4. The lowest BCUT2D eigenvalue weighted by Crippen LogP contribution is -2.22. The molecule has 0 bridgehead atoms. The molecule has 1 aliphatic rings. The van der Waals surface area contributed by atoms with Gasteiger partial charge in [-0.05, 0) is 49.4 Å². The Balaban J connectivity index is 2.12. The van der Waals surface area contributed by atoms with Crippen molar-refractivity contribution in [3.05, 3.63) is 23.8 Å². The van der Waals surface area contributed by atoms with Gasteiger partial charge in [0.15, 0.2) is 0 Å². The number of anilines is 1. The molecule has 2 heteroatoms. The van der Waals surface area contributed by atoms with Crippen molar-refractivity contribution in [2.75, 3.05) is 18.5 Å². The van der Waals surface area contributed by atoms with E-state index in [4.69, 9.17) is 4.74 Å². The summed E-state index contributed by atoms with van der Waals surface area (Å²) in [5, 5.41) is 3.51. The van der Waals surface area contributed by atoms with Crippen molar-refractivity contribution in [1.29, 1.82) is 0 Å². The molecule has 0 spiro atoms. The van der Waals surface area contributed by atoms with Gasteiger partial charge >= 0.3 is 0 Å². The van der Waals surface area contributed by atoms with Crippen molar-refractivity contribution in [2.24, 2.45) is 5.92 Å². The van der Waals surface area contributed by atoms with E-state index in [2.05, 4.69) is 30.4 Å². The Morgan fingerprint density at radius 2 is 2.25 bits per heavy atom. The predicted octanol–water partition coefficient (Wildman–Crippen LogP) is 3.47. The fourth-order valence-electron chi connectivity index (χ4n) is 2.42. The van der Waals surface area contributed by atoms with Gasteiger partial charge in [0.05, 0.1) is 6.61 Å². The molecule has 0 aromatic heterocycles. The van der Waals surface area contributed by atoms with Gasteiger partial charge in [-0.15, -0.1) is 0 Å². The van der Waals surface area contributed by atoms with E-state index in [0.717, 1.165) is 24.8 Å². The minimum absolute atomic E-state index is 0.741. The van der Waals surface area contributed by atoms with Crippen LogP contribution >= 0.6 is 0 Å². The SMILES string of the molecule is CCCC1CNc2ccc(OCC)cc2C1. The van der Waals surface area contributed by atoms with Gasteiger partial charge < -0.3 is 10.1 Å². The van der Waals surface area contributed by atoms with Crippen LogP contribution in [0.4, 0.5) is 5.69 Å². The summed E-state index contributed by atoms with van der Waals surface area (Å²) < 4.78 is 5.54. The van der Waals surface area contributed by atoms with E-state index in [1.54, 1.807) is 0 Å². The summed E-state index contributed by atoms with van der Waals surface area (Å²) in [6.07, 6.45) is 3.77. The van der Waals surface area contributed by atoms with Crippen molar-refractivity contribution in [3.63, 3.8) is 0 Å². The quantitative estimate of drug-likeness (QED) is 0.837. The largest absolute Gasteiger partial charge is 0.494 e. The van der Waals surface area contributed by atoms with Gasteiger partial charge in [0, 0.05) is 12.2 Å². The molecule has 1 aliphatic heterocycles. The van der Waals surface area contributed by atoms with E-state index in [9.17, 15) is 0 Å². The molecule has 2 rings (SSSR count). The van der Waals surface area contributed by atoms with Gasteiger partial charge in [-0.2, -0.15) is 0 Å². The number of rotatable bonds is 4. The Bertz CT molecular complexity index is 349. The number of fused-ring (bicyclic) bond motifs is 1. The fourth-order valence-corrected chi connectivity index (χ4v) is 2.42. The minimum atomic E-state index is 0.741. The molecular formula is C14H21NO. The number of benzene rings is 1. The summed E-state index contributed by atoms with van der Waals surface area (Å²) >= 11 is 0. The second-order valence-corrected chi connectivity index (χ2v) is 4.49. The highest BCUT2D eigenvalue weighted by atomic mass is 16.5. The number of ether oxygens (including phenoxy) is 1. The number of hydrogen-bond donors (Lipinski definition) is 1. The van der Waals surface area contributed by atoms with E-state index in [-0.39, 0.29) is 0 Å². The van der Waals surface area contributed by atoms with Crippen LogP contribution < -0.4 is 10.1 Å². The summed E-state index contributed by atoms with van der Waals surface area (Å²) in [5.41, 5.74) is 2.70. The van der Waals surface area contributed by atoms with Crippen LogP contribution in [0.3, 0.4) is 0 Å². The van der Waals surface area contributed by atoms with E-state index >= 15 is 0 Å². The molecular weight excluding hydrogens is 198 g/mol. The van der Waals surface area contributed by atoms with Crippen molar-refractivity contribution in [3.8, 4) is 5.75 Å². The van der Waals surface area contributed by atoms with Gasteiger partial charge in [-0.1, -0.05) is 13.3 Å². The Labute approximate surface area is 98.0 Å². The number of nitrogens with one attached hydrogen (secondary N) is 1. The molecule has 0 aliphatic carbocycles. The molecule has 0 fully saturated rings. The van der Waals surface area contributed by atoms with Crippen LogP contribution in [0, 0.1) is 5.92 Å². The van der Waals surface area contributed by atoms with Gasteiger partial charge in [0.25, 0.3) is 0 Å². The van der Waals surface area contributed by atoms with Crippen LogP contribution in [0.15, 0.2) is 18.2 Å². The molecule has 1 aromatic carbocycles. The third-order valence-corrected chi connectivity index (χ3v) is 3.17. The molecule has 16 heavy (non-hydrogen) atoms. The highest BCUT2D eigenvalue weighted by Gasteiger charge is 2.17. The number of hydrogen-bond acceptors (Lipinski definition) is 2. The van der Waals surface area contributed by atoms with Gasteiger partial charge in [0.2, 0.25) is 0 Å². The smallest absolute Gasteiger partial charge is 0.119 e. The second-order valence-electron chi connectivity index (χ2n) is 4.49. The average molecular weight is 219 g/mol. The van der Waals surface area contributed by atoms with Crippen LogP contribution in [0.5, 0.6) is 5.75 Å². The van der Waals surface area contributed by atoms with Crippen LogP contribution in [-0.2, 0) is 6.42 Å². The monoisotopic (exact) mass is 219 g/mol. The van der Waals surface area contributed by atoms with E-state index in [1.165, 1.54) is 30.5 Å². The first-order chi connectivity index (χ1) is 7.83. The second kappa shape index (κ2) is 5.24. The highest BCUT2D eigenvalue weighted by Crippen LogP contribution is 2.30. The topological polar surface area (TPSA) is 21.3 Å². The maximum Gasteiger partial charge on any atom is 0.119 e. The van der Waals surface area contributed by atoms with E-state index in [1.807, 2.05) is 6.92 Å². The summed E-state index contributed by atoms with van der Waals surface area (Å²) in [6.45, 7) is 6.14. The third kappa shape index (κ3) is 2.49. The summed E-state index contributed by atoms with van der Waals surface area (Å²) in [5.74, 6) is 1.79. The minimum Gasteiger partial charge on any atom is -0.494 e. The van der Waals surface area contributed by atoms with Crippen molar-refractivity contribution < 1.29 is 4.74 Å². The summed E-state index contributed by atoms with van der Waals surface area (Å²) in [4.78, 5) is 0. The molecule has 88 valence electrons. The van der Waals surface area contributed by atoms with E-state index < -0.39 is 0 Å². The summed E-state index contributed by atoms with van der Waals surface area (Å²) in [7, 11) is 0. The first-order valence-electron chi connectivity index (χ1n) is 6.33. The molecule has 0 radical (unpaired) electrons. The van der Waals surface area contributed by atoms with Gasteiger partial charge in [-0.3, -0.25) is 0 Å². The zero-order valence-corrected chi connectivity index (χ0v) is 10.3. The lowest BCUT2D eigenvalue weighted by molar-refractivity contribution is 0.339. The molecule has 1 unspecified atom stereocenters. The zero-order valence-electron chi connectivity index (χ0n) is 10.3. The van der Waals surface area contributed by atoms with Gasteiger partial charge in [-0.25, -0.2) is 0 Å². The first kappa shape index (κ1) is 11.3. The van der Waals surface area contributed by atoms with Crippen molar-refractivity contribution in [1.82, 2.24) is 0 Å². The van der Waals surface area contributed by atoms with Crippen LogP contribution in [0.1, 0.15) is 32.3 Å². The lowest BCUT2D eigenvalue weighted by Gasteiger charge is -2.26. The highest BCUT2D eigenvalue weighted by molar-refractivity contribution is 5.56. The maximum absolute atomic E-state index is 5.54. The van der Waals surface area contributed by atoms with Crippen molar-refractivity contribution in [2.45, 2.75) is 33.1 Å².